The molecule has 2 rings (SSSR count). The van der Waals surface area contributed by atoms with Crippen molar-refractivity contribution in [3.8, 4) is 0 Å². The van der Waals surface area contributed by atoms with E-state index in [1.54, 1.807) is 0 Å². The van der Waals surface area contributed by atoms with Crippen molar-refractivity contribution in [2.75, 3.05) is 32.6 Å². The van der Waals surface area contributed by atoms with Crippen LogP contribution in [-0.4, -0.2) is 51.7 Å². The van der Waals surface area contributed by atoms with Crippen LogP contribution in [0.5, 0.6) is 0 Å². The van der Waals surface area contributed by atoms with E-state index in [0.29, 0.717) is 37.9 Å². The number of hydrogen-bond donors (Lipinski definition) is 2. The Morgan fingerprint density at radius 1 is 1.40 bits per heavy atom. The molecule has 0 radical (unpaired) electrons. The summed E-state index contributed by atoms with van der Waals surface area (Å²) in [6.45, 7) is 2.00. The maximum Gasteiger partial charge on any atom is 0.188 e. The topological polar surface area (TPSA) is 93.8 Å². The molecule has 0 aromatic heterocycles. The third-order valence-electron chi connectivity index (χ3n) is 4.52. The number of guanidine groups is 1. The molecule has 0 bridgehead atoms. The molecular weight excluding hydrogens is 278 g/mol. The maximum absolute atomic E-state index is 12.1. The third-order valence-corrected chi connectivity index (χ3v) is 6.64. The smallest absolute Gasteiger partial charge is 0.188 e. The highest BCUT2D eigenvalue weighted by molar-refractivity contribution is 7.92. The number of nitrogens with two attached hydrogens (primary N) is 1. The van der Waals surface area contributed by atoms with Crippen molar-refractivity contribution >= 4 is 15.8 Å². The van der Waals surface area contributed by atoms with Crippen molar-refractivity contribution in [2.24, 2.45) is 16.6 Å². The first kappa shape index (κ1) is 15.6. The molecule has 1 aliphatic heterocycles. The summed E-state index contributed by atoms with van der Waals surface area (Å²) in [7, 11) is -3.18. The van der Waals surface area contributed by atoms with Crippen LogP contribution in [0.3, 0.4) is 0 Å². The average molecular weight is 303 g/mol. The highest BCUT2D eigenvalue weighted by Gasteiger charge is 2.42. The molecule has 2 aliphatic rings. The molecular formula is C13H25N3O3S. The second-order valence-corrected chi connectivity index (χ2v) is 8.36. The second kappa shape index (κ2) is 6.30. The van der Waals surface area contributed by atoms with Crippen molar-refractivity contribution in [1.29, 1.82) is 0 Å². The quantitative estimate of drug-likeness (QED) is 0.562. The van der Waals surface area contributed by atoms with Crippen molar-refractivity contribution in [1.82, 2.24) is 5.32 Å². The molecule has 3 N–H and O–H groups in total. The Labute approximate surface area is 121 Å². The Morgan fingerprint density at radius 3 is 2.55 bits per heavy atom. The van der Waals surface area contributed by atoms with Crippen LogP contribution in [0.15, 0.2) is 4.99 Å². The van der Waals surface area contributed by atoms with Crippen LogP contribution in [0.25, 0.3) is 0 Å². The number of nitrogens with zero attached hydrogens (tertiary/aromatic N) is 1. The summed E-state index contributed by atoms with van der Waals surface area (Å²) in [4.78, 5) is 4.27. The van der Waals surface area contributed by atoms with Gasteiger partial charge in [-0.3, -0.25) is 4.99 Å². The summed E-state index contributed by atoms with van der Waals surface area (Å²) < 4.78 is 28.6. The van der Waals surface area contributed by atoms with Gasteiger partial charge in [0.25, 0.3) is 0 Å². The maximum atomic E-state index is 12.1. The van der Waals surface area contributed by atoms with Crippen LogP contribution in [0.2, 0.25) is 0 Å². The Hall–Kier alpha value is -0.820. The van der Waals surface area contributed by atoms with Gasteiger partial charge in [-0.05, 0) is 31.6 Å². The summed E-state index contributed by atoms with van der Waals surface area (Å²) in [5, 5.41) is 3.09. The zero-order chi connectivity index (χ0) is 14.6. The summed E-state index contributed by atoms with van der Waals surface area (Å²) in [6.07, 6.45) is 6.04. The lowest BCUT2D eigenvalue weighted by molar-refractivity contribution is 0.0768. The van der Waals surface area contributed by atoms with Crippen LogP contribution in [-0.2, 0) is 14.6 Å². The van der Waals surface area contributed by atoms with E-state index in [-0.39, 0.29) is 6.54 Å². The van der Waals surface area contributed by atoms with Crippen LogP contribution in [0.4, 0.5) is 0 Å². The summed E-state index contributed by atoms with van der Waals surface area (Å²) in [6, 6.07) is 0. The highest BCUT2D eigenvalue weighted by Crippen LogP contribution is 2.29. The number of rotatable bonds is 5. The van der Waals surface area contributed by atoms with E-state index in [1.807, 2.05) is 0 Å². The summed E-state index contributed by atoms with van der Waals surface area (Å²) in [5.41, 5.74) is 5.83. The first-order chi connectivity index (χ1) is 9.43. The standard InChI is InChI=1S/C13H25N3O3S/c1-20(17,18)13(5-7-19-8-6-13)10-16-12(14)15-9-11-3-2-4-11/h11H,2-10H2,1H3,(H3,14,15,16). The van der Waals surface area contributed by atoms with Gasteiger partial charge in [0.05, 0.1) is 11.3 Å². The van der Waals surface area contributed by atoms with Crippen LogP contribution in [0, 0.1) is 5.92 Å². The predicted molar refractivity (Wildman–Crippen MR) is 79.5 cm³/mol. The van der Waals surface area contributed by atoms with Gasteiger partial charge in [-0.15, -0.1) is 0 Å². The molecule has 0 spiro atoms. The molecule has 0 aromatic rings. The Bertz CT molecular complexity index is 451. The number of hydrogen-bond acceptors (Lipinski definition) is 4. The normalized spacial score (nSPS) is 24.1. The summed E-state index contributed by atoms with van der Waals surface area (Å²) >= 11 is 0. The Balaban J connectivity index is 1.93. The molecule has 20 heavy (non-hydrogen) atoms. The van der Waals surface area contributed by atoms with Gasteiger partial charge in [0.15, 0.2) is 15.8 Å². The molecule has 1 heterocycles. The molecule has 116 valence electrons. The van der Waals surface area contributed by atoms with E-state index in [4.69, 9.17) is 10.5 Å². The minimum absolute atomic E-state index is 0.221. The number of nitrogens with one attached hydrogen (secondary N) is 1. The molecule has 6 nitrogen and oxygen atoms in total. The predicted octanol–water partition coefficient (Wildman–Crippen LogP) is 0.285. The van der Waals surface area contributed by atoms with Crippen molar-refractivity contribution in [2.45, 2.75) is 36.9 Å². The fourth-order valence-electron chi connectivity index (χ4n) is 2.62. The first-order valence-corrected chi connectivity index (χ1v) is 9.13. The van der Waals surface area contributed by atoms with Gasteiger partial charge in [-0.25, -0.2) is 8.42 Å². The fourth-order valence-corrected chi connectivity index (χ4v) is 3.83. The molecule has 1 saturated heterocycles. The average Bonchev–Trinajstić information content (AvgIpc) is 2.34. The van der Waals surface area contributed by atoms with Gasteiger partial charge in [0, 0.05) is 26.0 Å². The van der Waals surface area contributed by atoms with E-state index in [9.17, 15) is 8.42 Å². The Kier molecular flexibility index (Phi) is 4.90. The van der Waals surface area contributed by atoms with Crippen LogP contribution >= 0.6 is 0 Å². The monoisotopic (exact) mass is 303 g/mol. The van der Waals surface area contributed by atoms with Gasteiger partial charge in [0.2, 0.25) is 0 Å². The minimum Gasteiger partial charge on any atom is -0.381 e. The first-order valence-electron chi connectivity index (χ1n) is 7.24. The summed E-state index contributed by atoms with van der Waals surface area (Å²) in [5.74, 6) is 1.04. The van der Waals surface area contributed by atoms with Crippen molar-refractivity contribution < 1.29 is 13.2 Å². The zero-order valence-electron chi connectivity index (χ0n) is 12.1. The Morgan fingerprint density at radius 2 is 2.05 bits per heavy atom. The van der Waals surface area contributed by atoms with E-state index in [0.717, 1.165) is 6.54 Å². The molecule has 2 fully saturated rings. The molecule has 7 heteroatoms. The van der Waals surface area contributed by atoms with Crippen molar-refractivity contribution in [3.63, 3.8) is 0 Å². The van der Waals surface area contributed by atoms with E-state index < -0.39 is 14.6 Å². The van der Waals surface area contributed by atoms with Crippen molar-refractivity contribution in [3.05, 3.63) is 0 Å². The van der Waals surface area contributed by atoms with E-state index in [1.165, 1.54) is 25.5 Å². The van der Waals surface area contributed by atoms with Gasteiger partial charge < -0.3 is 15.8 Å². The van der Waals surface area contributed by atoms with Crippen LogP contribution in [0.1, 0.15) is 32.1 Å². The molecule has 0 amide bonds. The van der Waals surface area contributed by atoms with Crippen LogP contribution < -0.4 is 11.1 Å². The van der Waals surface area contributed by atoms with Gasteiger partial charge in [0.1, 0.15) is 0 Å². The zero-order valence-corrected chi connectivity index (χ0v) is 12.9. The second-order valence-electron chi connectivity index (χ2n) is 5.95. The molecule has 1 saturated carbocycles. The lowest BCUT2D eigenvalue weighted by Crippen LogP contribution is -2.47. The third kappa shape index (κ3) is 3.63. The molecule has 1 aliphatic carbocycles. The van der Waals surface area contributed by atoms with Gasteiger partial charge in [-0.1, -0.05) is 6.42 Å². The number of aliphatic imine (C=N–C) groups is 1. The van der Waals surface area contributed by atoms with E-state index in [2.05, 4.69) is 10.3 Å². The van der Waals surface area contributed by atoms with Gasteiger partial charge >= 0.3 is 0 Å². The largest absolute Gasteiger partial charge is 0.381 e. The number of sulfone groups is 1. The number of ether oxygens (including phenoxy) is 1. The minimum atomic E-state index is -3.18. The molecule has 0 unspecified atom stereocenters. The highest BCUT2D eigenvalue weighted by atomic mass is 32.2. The SMILES string of the molecule is CS(=O)(=O)C1(CN=C(N)NCC2CCC2)CCOCC1. The van der Waals surface area contributed by atoms with E-state index >= 15 is 0 Å². The lowest BCUT2D eigenvalue weighted by Gasteiger charge is -2.34. The van der Waals surface area contributed by atoms with Gasteiger partial charge in [-0.2, -0.15) is 0 Å². The fraction of sp³-hybridized carbons (Fsp3) is 0.923. The molecule has 0 atom stereocenters. The lowest BCUT2D eigenvalue weighted by atomic mass is 9.85. The molecule has 0 aromatic carbocycles.